The number of nitrogens with zero attached hydrogens (tertiary/aromatic N) is 5. The maximum atomic E-state index is 12.4. The zero-order chi connectivity index (χ0) is 18.6. The zero-order valence-electron chi connectivity index (χ0n) is 16.0. The number of anilines is 1. The van der Waals surface area contributed by atoms with Crippen LogP contribution in [0, 0.1) is 12.8 Å². The van der Waals surface area contributed by atoms with E-state index in [1.54, 1.807) is 4.68 Å². The third-order valence-corrected chi connectivity index (χ3v) is 5.73. The maximum absolute atomic E-state index is 12.4. The first-order chi connectivity index (χ1) is 13.2. The van der Waals surface area contributed by atoms with Crippen LogP contribution in [0.4, 0.5) is 5.82 Å². The van der Waals surface area contributed by atoms with Gasteiger partial charge in [0.25, 0.3) is 0 Å². The van der Waals surface area contributed by atoms with Crippen molar-refractivity contribution in [3.8, 4) is 5.82 Å². The second-order valence-corrected chi connectivity index (χ2v) is 7.76. The largest absolute Gasteiger partial charge is 0.355 e. The summed E-state index contributed by atoms with van der Waals surface area (Å²) < 4.78 is 1.74. The minimum atomic E-state index is 0.237. The van der Waals surface area contributed by atoms with Gasteiger partial charge in [-0.2, -0.15) is 5.10 Å². The highest BCUT2D eigenvalue weighted by Crippen LogP contribution is 2.24. The Balaban J connectivity index is 1.29. The number of hydrogen-bond donors (Lipinski definition) is 1. The molecule has 1 saturated carbocycles. The summed E-state index contributed by atoms with van der Waals surface area (Å²) >= 11 is 0. The Morgan fingerprint density at radius 2 is 1.70 bits per heavy atom. The third-order valence-electron chi connectivity index (χ3n) is 5.73. The van der Waals surface area contributed by atoms with Crippen LogP contribution in [0.25, 0.3) is 5.82 Å². The summed E-state index contributed by atoms with van der Waals surface area (Å²) in [7, 11) is 0. The van der Waals surface area contributed by atoms with Gasteiger partial charge in [-0.05, 0) is 50.8 Å². The Kier molecular flexibility index (Phi) is 5.36. The van der Waals surface area contributed by atoms with Crippen molar-refractivity contribution in [1.29, 1.82) is 0 Å². The first-order valence-electron chi connectivity index (χ1n) is 10.1. The molecule has 2 fully saturated rings. The Labute approximate surface area is 160 Å². The lowest BCUT2D eigenvalue weighted by Crippen LogP contribution is -2.46. The SMILES string of the molecule is Cc1ccn(-c2ccc(N3CCC(NC(=O)C4CCCCC4)CC3)nn2)n1. The van der Waals surface area contributed by atoms with E-state index in [2.05, 4.69) is 25.5 Å². The molecule has 1 aliphatic carbocycles. The fourth-order valence-electron chi connectivity index (χ4n) is 4.09. The van der Waals surface area contributed by atoms with E-state index in [-0.39, 0.29) is 17.9 Å². The lowest BCUT2D eigenvalue weighted by atomic mass is 9.88. The van der Waals surface area contributed by atoms with Gasteiger partial charge >= 0.3 is 0 Å². The van der Waals surface area contributed by atoms with Gasteiger partial charge in [0.1, 0.15) is 0 Å². The van der Waals surface area contributed by atoms with E-state index < -0.39 is 0 Å². The number of hydrogen-bond acceptors (Lipinski definition) is 5. The van der Waals surface area contributed by atoms with Crippen LogP contribution < -0.4 is 10.2 Å². The molecule has 2 aromatic heterocycles. The van der Waals surface area contributed by atoms with E-state index in [1.807, 2.05) is 31.3 Å². The average Bonchev–Trinajstić information content (AvgIpc) is 3.16. The average molecular weight is 368 g/mol. The smallest absolute Gasteiger partial charge is 0.223 e. The fourth-order valence-corrected chi connectivity index (χ4v) is 4.09. The number of aryl methyl sites for hydroxylation is 1. The van der Waals surface area contributed by atoms with Gasteiger partial charge in [0.2, 0.25) is 5.91 Å². The normalized spacial score (nSPS) is 19.2. The Morgan fingerprint density at radius 3 is 2.33 bits per heavy atom. The molecule has 0 unspecified atom stereocenters. The van der Waals surface area contributed by atoms with Crippen molar-refractivity contribution in [2.24, 2.45) is 5.92 Å². The summed E-state index contributed by atoms with van der Waals surface area (Å²) in [6.45, 7) is 3.74. The van der Waals surface area contributed by atoms with Gasteiger partial charge < -0.3 is 10.2 Å². The number of amides is 1. The van der Waals surface area contributed by atoms with Gasteiger partial charge in [0.05, 0.1) is 5.69 Å². The van der Waals surface area contributed by atoms with Crippen LogP contribution >= 0.6 is 0 Å². The van der Waals surface area contributed by atoms with Crippen LogP contribution in [0.1, 0.15) is 50.6 Å². The molecule has 1 aliphatic heterocycles. The molecule has 2 aromatic rings. The summed E-state index contributed by atoms with van der Waals surface area (Å²) in [6, 6.07) is 6.18. The molecule has 1 saturated heterocycles. The van der Waals surface area contributed by atoms with Gasteiger partial charge in [0, 0.05) is 31.2 Å². The highest BCUT2D eigenvalue weighted by molar-refractivity contribution is 5.79. The number of aromatic nitrogens is 4. The standard InChI is InChI=1S/C20H28N6O/c1-15-9-14-26(24-15)19-8-7-18(22-23-19)25-12-10-17(11-13-25)21-20(27)16-5-3-2-4-6-16/h7-9,14,16-17H,2-6,10-13H2,1H3,(H,21,27). The van der Waals surface area contributed by atoms with Gasteiger partial charge in [-0.1, -0.05) is 19.3 Å². The van der Waals surface area contributed by atoms with Crippen molar-refractivity contribution in [3.63, 3.8) is 0 Å². The first kappa shape index (κ1) is 17.9. The predicted octanol–water partition coefficient (Wildman–Crippen LogP) is 2.64. The second-order valence-electron chi connectivity index (χ2n) is 7.76. The molecule has 7 heteroatoms. The van der Waals surface area contributed by atoms with Crippen molar-refractivity contribution >= 4 is 11.7 Å². The Morgan fingerprint density at radius 1 is 1.00 bits per heavy atom. The number of rotatable bonds is 4. The minimum Gasteiger partial charge on any atom is -0.355 e. The molecule has 1 N–H and O–H groups in total. The molecule has 0 radical (unpaired) electrons. The number of carbonyl (C=O) groups is 1. The molecule has 7 nitrogen and oxygen atoms in total. The van der Waals surface area contributed by atoms with Crippen LogP contribution in [0.2, 0.25) is 0 Å². The summed E-state index contributed by atoms with van der Waals surface area (Å²) in [5.41, 5.74) is 0.957. The van der Waals surface area contributed by atoms with Gasteiger partial charge in [0.15, 0.2) is 11.6 Å². The molecular weight excluding hydrogens is 340 g/mol. The number of piperidine rings is 1. The molecule has 3 heterocycles. The van der Waals surface area contributed by atoms with Crippen molar-refractivity contribution in [2.45, 2.75) is 57.9 Å². The zero-order valence-corrected chi connectivity index (χ0v) is 16.0. The van der Waals surface area contributed by atoms with Crippen molar-refractivity contribution in [2.75, 3.05) is 18.0 Å². The van der Waals surface area contributed by atoms with Crippen LogP contribution in [-0.4, -0.2) is 45.0 Å². The van der Waals surface area contributed by atoms with Crippen LogP contribution in [0.5, 0.6) is 0 Å². The highest BCUT2D eigenvalue weighted by atomic mass is 16.1. The number of nitrogens with one attached hydrogen (secondary N) is 1. The molecule has 0 aromatic carbocycles. The monoisotopic (exact) mass is 368 g/mol. The van der Waals surface area contributed by atoms with Crippen molar-refractivity contribution < 1.29 is 4.79 Å². The summed E-state index contributed by atoms with van der Waals surface area (Å²) in [4.78, 5) is 14.7. The summed E-state index contributed by atoms with van der Waals surface area (Å²) in [5, 5.41) is 16.3. The molecule has 144 valence electrons. The van der Waals surface area contributed by atoms with E-state index in [0.717, 1.165) is 56.1 Å². The van der Waals surface area contributed by atoms with Crippen LogP contribution in [0.3, 0.4) is 0 Å². The quantitative estimate of drug-likeness (QED) is 0.898. The van der Waals surface area contributed by atoms with Gasteiger partial charge in [-0.15, -0.1) is 10.2 Å². The lowest BCUT2D eigenvalue weighted by molar-refractivity contribution is -0.126. The molecule has 27 heavy (non-hydrogen) atoms. The van der Waals surface area contributed by atoms with Gasteiger partial charge in [-0.25, -0.2) is 4.68 Å². The van der Waals surface area contributed by atoms with Crippen molar-refractivity contribution in [3.05, 3.63) is 30.1 Å². The summed E-state index contributed by atoms with van der Waals surface area (Å²) in [5.74, 6) is 2.12. The highest BCUT2D eigenvalue weighted by Gasteiger charge is 2.26. The van der Waals surface area contributed by atoms with E-state index in [9.17, 15) is 4.79 Å². The predicted molar refractivity (Wildman–Crippen MR) is 104 cm³/mol. The maximum Gasteiger partial charge on any atom is 0.223 e. The molecule has 2 aliphatic rings. The number of carbonyl (C=O) groups excluding carboxylic acids is 1. The van der Waals surface area contributed by atoms with Crippen LogP contribution in [-0.2, 0) is 4.79 Å². The molecule has 0 bridgehead atoms. The van der Waals surface area contributed by atoms with E-state index in [0.29, 0.717) is 0 Å². The molecule has 1 amide bonds. The lowest BCUT2D eigenvalue weighted by Gasteiger charge is -2.34. The van der Waals surface area contributed by atoms with Crippen LogP contribution in [0.15, 0.2) is 24.4 Å². The molecular formula is C20H28N6O. The fraction of sp³-hybridized carbons (Fsp3) is 0.600. The van der Waals surface area contributed by atoms with Gasteiger partial charge in [-0.3, -0.25) is 4.79 Å². The van der Waals surface area contributed by atoms with E-state index >= 15 is 0 Å². The summed E-state index contributed by atoms with van der Waals surface area (Å²) in [6.07, 6.45) is 9.60. The molecule has 0 spiro atoms. The minimum absolute atomic E-state index is 0.237. The molecule has 0 atom stereocenters. The van der Waals surface area contributed by atoms with E-state index in [1.165, 1.54) is 19.3 Å². The third kappa shape index (κ3) is 4.28. The van der Waals surface area contributed by atoms with E-state index in [4.69, 9.17) is 0 Å². The molecule has 4 rings (SSSR count). The Bertz CT molecular complexity index is 757. The van der Waals surface area contributed by atoms with Crippen molar-refractivity contribution in [1.82, 2.24) is 25.3 Å². The second kappa shape index (κ2) is 8.06. The topological polar surface area (TPSA) is 75.9 Å². The first-order valence-corrected chi connectivity index (χ1v) is 10.1. The Hall–Kier alpha value is -2.44.